The van der Waals surface area contributed by atoms with Crippen molar-refractivity contribution in [3.63, 3.8) is 0 Å². The topological polar surface area (TPSA) is 61.4 Å². The van der Waals surface area contributed by atoms with Crippen LogP contribution in [0, 0.1) is 5.92 Å². The van der Waals surface area contributed by atoms with Gasteiger partial charge in [-0.25, -0.2) is 0 Å². The molecular weight excluding hydrogens is 300 g/mol. The number of hydrogen-bond acceptors (Lipinski definition) is 3. The molecule has 2 aromatic carbocycles. The SMILES string of the molecule is O=C(NCC1CCNCC1)C(O)(c1ccccc1)c1ccccc1. The van der Waals surface area contributed by atoms with Crippen molar-refractivity contribution in [2.75, 3.05) is 19.6 Å². The van der Waals surface area contributed by atoms with Gasteiger partial charge in [-0.15, -0.1) is 0 Å². The van der Waals surface area contributed by atoms with Crippen molar-refractivity contribution in [1.82, 2.24) is 10.6 Å². The summed E-state index contributed by atoms with van der Waals surface area (Å²) in [7, 11) is 0. The highest BCUT2D eigenvalue weighted by Gasteiger charge is 2.39. The second-order valence-electron chi connectivity index (χ2n) is 6.35. The van der Waals surface area contributed by atoms with Gasteiger partial charge in [0.1, 0.15) is 0 Å². The summed E-state index contributed by atoms with van der Waals surface area (Å²) >= 11 is 0. The minimum atomic E-state index is -1.67. The fraction of sp³-hybridized carbons (Fsp3) is 0.350. The molecule has 2 aromatic rings. The molecule has 126 valence electrons. The third-order valence-corrected chi connectivity index (χ3v) is 4.72. The Bertz CT molecular complexity index is 612. The number of hydrogen-bond donors (Lipinski definition) is 3. The normalized spacial score (nSPS) is 15.9. The molecule has 0 radical (unpaired) electrons. The Kier molecular flexibility index (Phi) is 5.28. The van der Waals surface area contributed by atoms with Gasteiger partial charge in [-0.05, 0) is 43.0 Å². The lowest BCUT2D eigenvalue weighted by Gasteiger charge is -2.30. The molecule has 0 bridgehead atoms. The van der Waals surface area contributed by atoms with Crippen LogP contribution in [-0.4, -0.2) is 30.6 Å². The maximum atomic E-state index is 12.9. The largest absolute Gasteiger partial charge is 0.372 e. The van der Waals surface area contributed by atoms with Crippen LogP contribution >= 0.6 is 0 Å². The van der Waals surface area contributed by atoms with Crippen LogP contribution in [0.5, 0.6) is 0 Å². The lowest BCUT2D eigenvalue weighted by Crippen LogP contribution is -2.47. The van der Waals surface area contributed by atoms with Gasteiger partial charge in [-0.2, -0.15) is 0 Å². The van der Waals surface area contributed by atoms with Gasteiger partial charge < -0.3 is 15.7 Å². The van der Waals surface area contributed by atoms with E-state index in [1.807, 2.05) is 36.4 Å². The van der Waals surface area contributed by atoms with Crippen LogP contribution < -0.4 is 10.6 Å². The molecule has 1 fully saturated rings. The summed E-state index contributed by atoms with van der Waals surface area (Å²) in [5.41, 5.74) is -0.506. The van der Waals surface area contributed by atoms with Gasteiger partial charge in [-0.1, -0.05) is 60.7 Å². The molecule has 0 saturated carbocycles. The summed E-state index contributed by atoms with van der Waals surface area (Å²) in [6.07, 6.45) is 2.10. The standard InChI is InChI=1S/C20H24N2O2/c23-19(22-15-16-11-13-21-14-12-16)20(24,17-7-3-1-4-8-17)18-9-5-2-6-10-18/h1-10,16,21,24H,11-15H2,(H,22,23). The van der Waals surface area contributed by atoms with Crippen LogP contribution in [0.2, 0.25) is 0 Å². The maximum absolute atomic E-state index is 12.9. The minimum Gasteiger partial charge on any atom is -0.372 e. The monoisotopic (exact) mass is 324 g/mol. The number of benzene rings is 2. The number of rotatable bonds is 5. The first-order valence-corrected chi connectivity index (χ1v) is 8.53. The molecule has 0 spiro atoms. The fourth-order valence-corrected chi connectivity index (χ4v) is 3.24. The van der Waals surface area contributed by atoms with Crippen molar-refractivity contribution < 1.29 is 9.90 Å². The van der Waals surface area contributed by atoms with Crippen molar-refractivity contribution in [3.8, 4) is 0 Å². The summed E-state index contributed by atoms with van der Waals surface area (Å²) < 4.78 is 0. The van der Waals surface area contributed by atoms with Crippen LogP contribution in [0.3, 0.4) is 0 Å². The molecule has 0 unspecified atom stereocenters. The Morgan fingerprint density at radius 3 is 2.00 bits per heavy atom. The molecule has 1 aliphatic heterocycles. The van der Waals surface area contributed by atoms with E-state index < -0.39 is 5.60 Å². The van der Waals surface area contributed by atoms with E-state index in [2.05, 4.69) is 10.6 Å². The van der Waals surface area contributed by atoms with E-state index in [0.29, 0.717) is 23.6 Å². The Morgan fingerprint density at radius 1 is 1.00 bits per heavy atom. The molecule has 1 aliphatic rings. The van der Waals surface area contributed by atoms with Crippen LogP contribution in [0.4, 0.5) is 0 Å². The number of carbonyl (C=O) groups excluding carboxylic acids is 1. The van der Waals surface area contributed by atoms with Crippen LogP contribution in [0.15, 0.2) is 60.7 Å². The zero-order chi connectivity index (χ0) is 16.8. The zero-order valence-electron chi connectivity index (χ0n) is 13.7. The fourth-order valence-electron chi connectivity index (χ4n) is 3.24. The third kappa shape index (κ3) is 3.50. The first kappa shape index (κ1) is 16.7. The molecule has 0 atom stereocenters. The minimum absolute atomic E-state index is 0.363. The van der Waals surface area contributed by atoms with Crippen molar-refractivity contribution in [1.29, 1.82) is 0 Å². The smallest absolute Gasteiger partial charge is 0.261 e. The number of nitrogens with one attached hydrogen (secondary N) is 2. The maximum Gasteiger partial charge on any atom is 0.261 e. The summed E-state index contributed by atoms with van der Waals surface area (Å²) in [4.78, 5) is 12.9. The van der Waals surface area contributed by atoms with Crippen molar-refractivity contribution in [2.45, 2.75) is 18.4 Å². The van der Waals surface area contributed by atoms with Crippen LogP contribution in [0.25, 0.3) is 0 Å². The molecule has 0 aromatic heterocycles. The van der Waals surface area contributed by atoms with E-state index in [9.17, 15) is 9.90 Å². The molecule has 1 amide bonds. The Labute approximate surface area is 142 Å². The summed E-state index contributed by atoms with van der Waals surface area (Å²) in [5, 5.41) is 17.6. The van der Waals surface area contributed by atoms with Crippen molar-refractivity contribution in [3.05, 3.63) is 71.8 Å². The van der Waals surface area contributed by atoms with Gasteiger partial charge >= 0.3 is 0 Å². The predicted octanol–water partition coefficient (Wildman–Crippen LogP) is 2.04. The Balaban J connectivity index is 1.83. The lowest BCUT2D eigenvalue weighted by atomic mass is 9.85. The molecule has 4 heteroatoms. The molecule has 1 heterocycles. The first-order valence-electron chi connectivity index (χ1n) is 8.53. The molecule has 24 heavy (non-hydrogen) atoms. The summed E-state index contributed by atoms with van der Waals surface area (Å²) in [6, 6.07) is 18.3. The molecule has 3 N–H and O–H groups in total. The highest BCUT2D eigenvalue weighted by Crippen LogP contribution is 2.30. The van der Waals surface area contributed by atoms with Gasteiger partial charge in [-0.3, -0.25) is 4.79 Å². The van der Waals surface area contributed by atoms with E-state index in [0.717, 1.165) is 25.9 Å². The molecule has 3 rings (SSSR count). The lowest BCUT2D eigenvalue weighted by molar-refractivity contribution is -0.136. The highest BCUT2D eigenvalue weighted by molar-refractivity contribution is 5.90. The van der Waals surface area contributed by atoms with E-state index in [4.69, 9.17) is 0 Å². The van der Waals surface area contributed by atoms with Crippen LogP contribution in [-0.2, 0) is 10.4 Å². The number of amides is 1. The van der Waals surface area contributed by atoms with Crippen molar-refractivity contribution >= 4 is 5.91 Å². The van der Waals surface area contributed by atoms with Crippen molar-refractivity contribution in [2.24, 2.45) is 5.92 Å². The zero-order valence-corrected chi connectivity index (χ0v) is 13.7. The van der Waals surface area contributed by atoms with E-state index in [1.54, 1.807) is 24.3 Å². The van der Waals surface area contributed by atoms with E-state index in [1.165, 1.54) is 0 Å². The molecule has 4 nitrogen and oxygen atoms in total. The summed E-state index contributed by atoms with van der Waals surface area (Å²) in [6.45, 7) is 2.58. The second-order valence-corrected chi connectivity index (χ2v) is 6.35. The van der Waals surface area contributed by atoms with Gasteiger partial charge in [0.2, 0.25) is 0 Å². The van der Waals surface area contributed by atoms with Gasteiger partial charge in [0.05, 0.1) is 0 Å². The van der Waals surface area contributed by atoms with Gasteiger partial charge in [0.15, 0.2) is 5.60 Å². The third-order valence-electron chi connectivity index (χ3n) is 4.72. The highest BCUT2D eigenvalue weighted by atomic mass is 16.3. The average molecular weight is 324 g/mol. The number of piperidine rings is 1. The molecular formula is C20H24N2O2. The van der Waals surface area contributed by atoms with E-state index >= 15 is 0 Å². The average Bonchev–Trinajstić information content (AvgIpc) is 2.67. The summed E-state index contributed by atoms with van der Waals surface area (Å²) in [5.74, 6) is 0.101. The number of carbonyl (C=O) groups is 1. The Hall–Kier alpha value is -2.17. The van der Waals surface area contributed by atoms with Gasteiger partial charge in [0, 0.05) is 6.54 Å². The van der Waals surface area contributed by atoms with Crippen LogP contribution in [0.1, 0.15) is 24.0 Å². The van der Waals surface area contributed by atoms with Gasteiger partial charge in [0.25, 0.3) is 5.91 Å². The predicted molar refractivity (Wildman–Crippen MR) is 94.5 cm³/mol. The molecule has 0 aliphatic carbocycles. The quantitative estimate of drug-likeness (QED) is 0.789. The Morgan fingerprint density at radius 2 is 1.50 bits per heavy atom. The first-order chi connectivity index (χ1) is 11.7. The number of aliphatic hydroxyl groups is 1. The molecule has 1 saturated heterocycles. The second kappa shape index (κ2) is 7.60. The van der Waals surface area contributed by atoms with E-state index in [-0.39, 0.29) is 5.91 Å².